The third kappa shape index (κ3) is 7.52. The summed E-state index contributed by atoms with van der Waals surface area (Å²) in [5, 5.41) is 2.31. The molecule has 0 N–H and O–H groups in total. The van der Waals surface area contributed by atoms with Crippen LogP contribution in [0, 0.1) is 0 Å². The van der Waals surface area contributed by atoms with Gasteiger partial charge in [0.15, 0.2) is 0 Å². The van der Waals surface area contributed by atoms with Crippen molar-refractivity contribution in [3.63, 3.8) is 0 Å². The summed E-state index contributed by atoms with van der Waals surface area (Å²) in [6, 6.07) is 21.8. The molecule has 0 saturated carbocycles. The summed E-state index contributed by atoms with van der Waals surface area (Å²) in [6.45, 7) is 0. The molecule has 0 heterocycles. The molecule has 0 radical (unpaired) electrons. The third-order valence-corrected chi connectivity index (χ3v) is 7.18. The van der Waals surface area contributed by atoms with Crippen LogP contribution < -0.4 is 79.2 Å². The number of benzene rings is 3. The van der Waals surface area contributed by atoms with Gasteiger partial charge in [-0.25, -0.2) is 12.6 Å². The van der Waals surface area contributed by atoms with Gasteiger partial charge < -0.3 is 13.3 Å². The number of hydrogen-bond donors (Lipinski definition) is 0. The Labute approximate surface area is 217 Å². The first-order valence-corrected chi connectivity index (χ1v) is 11.4. The van der Waals surface area contributed by atoms with Crippen LogP contribution in [-0.2, 0) is 21.5 Å². The van der Waals surface area contributed by atoms with Crippen molar-refractivity contribution in [2.24, 2.45) is 0 Å². The maximum Gasteiger partial charge on any atom is 1.00 e. The SMILES string of the molecule is O=S([O-])Oc1cccc(P(c2ccccc2)c2cccc(S(=O)(=O)[O-])c2)c1.[Na+].[Na+]. The van der Waals surface area contributed by atoms with E-state index in [0.29, 0.717) is 5.30 Å². The van der Waals surface area contributed by atoms with Crippen molar-refractivity contribution in [3.05, 3.63) is 78.9 Å². The minimum absolute atomic E-state index is 0. The van der Waals surface area contributed by atoms with E-state index in [-0.39, 0.29) is 69.8 Å². The molecule has 6 nitrogen and oxygen atoms in total. The Kier molecular flexibility index (Phi) is 11.2. The van der Waals surface area contributed by atoms with Crippen molar-refractivity contribution in [2.75, 3.05) is 0 Å². The molecule has 3 aromatic carbocycles. The van der Waals surface area contributed by atoms with Crippen molar-refractivity contribution < 1.29 is 85.0 Å². The molecule has 11 heteroatoms. The zero-order chi connectivity index (χ0) is 19.4. The molecule has 0 spiro atoms. The van der Waals surface area contributed by atoms with Crippen LogP contribution in [0.1, 0.15) is 0 Å². The molecule has 0 aromatic heterocycles. The smallest absolute Gasteiger partial charge is 0.744 e. The van der Waals surface area contributed by atoms with Gasteiger partial charge in [0.05, 0.1) is 4.90 Å². The zero-order valence-corrected chi connectivity index (χ0v) is 22.2. The zero-order valence-electron chi connectivity index (χ0n) is 15.7. The quantitative estimate of drug-likeness (QED) is 0.157. The Morgan fingerprint density at radius 3 is 1.93 bits per heavy atom. The molecule has 0 amide bonds. The first-order chi connectivity index (χ1) is 12.8. The first kappa shape index (κ1) is 26.9. The van der Waals surface area contributed by atoms with Crippen molar-refractivity contribution >= 4 is 45.3 Å². The summed E-state index contributed by atoms with van der Waals surface area (Å²) in [7, 11) is -5.83. The van der Waals surface area contributed by atoms with Crippen LogP contribution in [0.4, 0.5) is 0 Å². The second-order valence-corrected chi connectivity index (χ2v) is 9.58. The van der Waals surface area contributed by atoms with Gasteiger partial charge in [-0.15, -0.1) is 0 Å². The van der Waals surface area contributed by atoms with Gasteiger partial charge >= 0.3 is 59.1 Å². The molecule has 0 aliphatic rings. The van der Waals surface area contributed by atoms with Crippen LogP contribution in [0.25, 0.3) is 0 Å². The molecular formula is C18H13Na2O6PS2. The van der Waals surface area contributed by atoms with Gasteiger partial charge in [-0.2, -0.15) is 0 Å². The predicted molar refractivity (Wildman–Crippen MR) is 103 cm³/mol. The maximum absolute atomic E-state index is 11.4. The van der Waals surface area contributed by atoms with Crippen molar-refractivity contribution in [2.45, 2.75) is 4.90 Å². The predicted octanol–water partition coefficient (Wildman–Crippen LogP) is -4.47. The minimum Gasteiger partial charge on any atom is -0.744 e. The van der Waals surface area contributed by atoms with Crippen molar-refractivity contribution in [1.29, 1.82) is 0 Å². The molecule has 29 heavy (non-hydrogen) atoms. The van der Waals surface area contributed by atoms with E-state index in [1.807, 2.05) is 30.3 Å². The summed E-state index contributed by atoms with van der Waals surface area (Å²) < 4.78 is 60.6. The Morgan fingerprint density at radius 1 is 0.793 bits per heavy atom. The topological polar surface area (TPSA) is 107 Å². The Balaban J connectivity index is 0.00000210. The molecule has 2 unspecified atom stereocenters. The summed E-state index contributed by atoms with van der Waals surface area (Å²) >= 11 is -2.71. The average molecular weight is 466 g/mol. The van der Waals surface area contributed by atoms with Crippen LogP contribution in [0.5, 0.6) is 5.75 Å². The van der Waals surface area contributed by atoms with E-state index >= 15 is 0 Å². The van der Waals surface area contributed by atoms with E-state index in [1.165, 1.54) is 24.3 Å². The molecule has 3 rings (SSSR count). The first-order valence-electron chi connectivity index (χ1n) is 7.63. The van der Waals surface area contributed by atoms with Gasteiger partial charge in [0.2, 0.25) is 0 Å². The molecule has 0 bridgehead atoms. The molecule has 140 valence electrons. The minimum atomic E-state index is -4.59. The normalized spacial score (nSPS) is 12.8. The maximum atomic E-state index is 11.4. The van der Waals surface area contributed by atoms with E-state index in [0.717, 1.165) is 10.6 Å². The number of hydrogen-bond acceptors (Lipinski definition) is 6. The van der Waals surface area contributed by atoms with Crippen LogP contribution in [0.3, 0.4) is 0 Å². The van der Waals surface area contributed by atoms with Gasteiger partial charge in [0.1, 0.15) is 27.2 Å². The van der Waals surface area contributed by atoms with E-state index in [4.69, 9.17) is 4.18 Å². The van der Waals surface area contributed by atoms with Crippen molar-refractivity contribution in [3.8, 4) is 5.75 Å². The third-order valence-electron chi connectivity index (χ3n) is 3.62. The Bertz CT molecular complexity index is 1080. The fraction of sp³-hybridized carbons (Fsp3) is 0. The largest absolute Gasteiger partial charge is 1.00 e. The van der Waals surface area contributed by atoms with Gasteiger partial charge in [0.25, 0.3) is 0 Å². The van der Waals surface area contributed by atoms with Crippen LogP contribution in [0.15, 0.2) is 83.8 Å². The molecule has 3 aromatic rings. The van der Waals surface area contributed by atoms with Gasteiger partial charge in [0, 0.05) is 0 Å². The molecule has 0 aliphatic carbocycles. The standard InChI is InChI=1S/C18H15O6PS2.2Na/c19-26(20)24-14-6-4-9-16(12-14)25(15-7-2-1-3-8-15)17-10-5-11-18(13-17)27(21,22)23;;/h1-13H,(H,19,20)(H,21,22,23);;/q;2*+1/p-2. The van der Waals surface area contributed by atoms with Crippen molar-refractivity contribution in [1.82, 2.24) is 0 Å². The Hall–Kier alpha value is -0.0900. The van der Waals surface area contributed by atoms with Gasteiger partial charge in [-0.3, -0.25) is 0 Å². The van der Waals surface area contributed by atoms with Crippen LogP contribution in [0.2, 0.25) is 0 Å². The van der Waals surface area contributed by atoms with E-state index in [9.17, 15) is 21.7 Å². The second kappa shape index (κ2) is 12.1. The van der Waals surface area contributed by atoms with Crippen LogP contribution in [-0.4, -0.2) is 21.7 Å². The summed E-state index contributed by atoms with van der Waals surface area (Å²) in [4.78, 5) is -0.309. The second-order valence-electron chi connectivity index (χ2n) is 5.41. The van der Waals surface area contributed by atoms with E-state index in [2.05, 4.69) is 0 Å². The van der Waals surface area contributed by atoms with E-state index in [1.54, 1.807) is 24.3 Å². The summed E-state index contributed by atoms with van der Waals surface area (Å²) in [5.74, 6) is 0.150. The van der Waals surface area contributed by atoms with E-state index < -0.39 is 29.4 Å². The number of rotatable bonds is 6. The molecule has 0 saturated heterocycles. The van der Waals surface area contributed by atoms with Crippen LogP contribution >= 0.6 is 7.92 Å². The molecular weight excluding hydrogens is 453 g/mol. The molecule has 2 atom stereocenters. The Morgan fingerprint density at radius 2 is 1.34 bits per heavy atom. The van der Waals surface area contributed by atoms with Gasteiger partial charge in [-0.1, -0.05) is 54.6 Å². The molecule has 0 fully saturated rings. The monoisotopic (exact) mass is 466 g/mol. The average Bonchev–Trinajstić information content (AvgIpc) is 2.62. The fourth-order valence-electron chi connectivity index (χ4n) is 2.56. The molecule has 0 aliphatic heterocycles. The summed E-state index contributed by atoms with van der Waals surface area (Å²) in [6.07, 6.45) is 0. The summed E-state index contributed by atoms with van der Waals surface area (Å²) in [5.41, 5.74) is 0. The van der Waals surface area contributed by atoms with Gasteiger partial charge in [-0.05, 0) is 48.1 Å². The fourth-order valence-corrected chi connectivity index (χ4v) is 5.78.